The van der Waals surface area contributed by atoms with Gasteiger partial charge in [0.15, 0.2) is 0 Å². The summed E-state index contributed by atoms with van der Waals surface area (Å²) in [6.45, 7) is 5.48. The van der Waals surface area contributed by atoms with Crippen molar-refractivity contribution in [3.63, 3.8) is 0 Å². The number of hydrogen-bond acceptors (Lipinski definition) is 3. The summed E-state index contributed by atoms with van der Waals surface area (Å²) < 4.78 is 0. The van der Waals surface area contributed by atoms with Crippen molar-refractivity contribution in [1.82, 2.24) is 10.2 Å². The van der Waals surface area contributed by atoms with E-state index in [4.69, 9.17) is 0 Å². The molecule has 1 heterocycles. The predicted octanol–water partition coefficient (Wildman–Crippen LogP) is 4.44. The van der Waals surface area contributed by atoms with Crippen LogP contribution in [-0.2, 0) is 6.54 Å². The van der Waals surface area contributed by atoms with E-state index in [1.165, 1.54) is 55.6 Å². The number of piperazine rings is 1. The van der Waals surface area contributed by atoms with Crippen molar-refractivity contribution < 1.29 is 0 Å². The molecule has 26 heavy (non-hydrogen) atoms. The quantitative estimate of drug-likeness (QED) is 0.807. The van der Waals surface area contributed by atoms with Crippen LogP contribution in [0.25, 0.3) is 0 Å². The molecule has 1 saturated heterocycles. The molecule has 1 aliphatic heterocycles. The van der Waals surface area contributed by atoms with Crippen LogP contribution in [0.5, 0.6) is 0 Å². The third-order valence-electron chi connectivity index (χ3n) is 5.98. The van der Waals surface area contributed by atoms with E-state index in [0.29, 0.717) is 6.04 Å². The zero-order valence-corrected chi connectivity index (χ0v) is 15.7. The lowest BCUT2D eigenvalue weighted by molar-refractivity contribution is 0.125. The first kappa shape index (κ1) is 17.6. The normalized spacial score (nSPS) is 20.2. The molecule has 2 N–H and O–H groups in total. The summed E-state index contributed by atoms with van der Waals surface area (Å²) >= 11 is 0. The summed E-state index contributed by atoms with van der Waals surface area (Å²) in [5.74, 6) is 0.830. The molecule has 0 bridgehead atoms. The highest BCUT2D eigenvalue weighted by Crippen LogP contribution is 2.39. The molecule has 2 aliphatic rings. The molecule has 3 nitrogen and oxygen atoms in total. The van der Waals surface area contributed by atoms with Crippen molar-refractivity contribution in [3.8, 4) is 0 Å². The van der Waals surface area contributed by atoms with Gasteiger partial charge >= 0.3 is 0 Å². The number of nitrogens with zero attached hydrogens (tertiary/aromatic N) is 1. The topological polar surface area (TPSA) is 27.3 Å². The van der Waals surface area contributed by atoms with Crippen LogP contribution in [0.2, 0.25) is 0 Å². The van der Waals surface area contributed by atoms with Crippen molar-refractivity contribution in [1.29, 1.82) is 0 Å². The molecule has 0 unspecified atom stereocenters. The Kier molecular flexibility index (Phi) is 5.88. The van der Waals surface area contributed by atoms with Crippen molar-refractivity contribution >= 4 is 5.69 Å². The third kappa shape index (κ3) is 4.28. The van der Waals surface area contributed by atoms with Gasteiger partial charge in [0.25, 0.3) is 0 Å². The minimum Gasteiger partial charge on any atom is -0.381 e. The van der Waals surface area contributed by atoms with Crippen LogP contribution in [-0.4, -0.2) is 31.1 Å². The van der Waals surface area contributed by atoms with E-state index >= 15 is 0 Å². The summed E-state index contributed by atoms with van der Waals surface area (Å²) in [6, 6.07) is 20.4. The van der Waals surface area contributed by atoms with Crippen LogP contribution >= 0.6 is 0 Å². The summed E-state index contributed by atoms with van der Waals surface area (Å²) in [5, 5.41) is 7.05. The lowest BCUT2D eigenvalue weighted by Gasteiger charge is -2.38. The van der Waals surface area contributed by atoms with Gasteiger partial charge in [-0.05, 0) is 42.0 Å². The Balaban J connectivity index is 1.45. The van der Waals surface area contributed by atoms with Gasteiger partial charge in [-0.2, -0.15) is 0 Å². The predicted molar refractivity (Wildman–Crippen MR) is 109 cm³/mol. The first-order valence-electron chi connectivity index (χ1n) is 10.2. The molecule has 0 amide bonds. The molecule has 0 spiro atoms. The average Bonchev–Trinajstić information content (AvgIpc) is 3.23. The largest absolute Gasteiger partial charge is 0.381 e. The van der Waals surface area contributed by atoms with Crippen molar-refractivity contribution in [3.05, 3.63) is 65.7 Å². The highest BCUT2D eigenvalue weighted by molar-refractivity contribution is 5.46. The summed E-state index contributed by atoms with van der Waals surface area (Å²) in [6.07, 6.45) is 5.60. The van der Waals surface area contributed by atoms with Gasteiger partial charge in [-0.3, -0.25) is 4.90 Å². The van der Waals surface area contributed by atoms with Gasteiger partial charge < -0.3 is 10.6 Å². The summed E-state index contributed by atoms with van der Waals surface area (Å²) in [4.78, 5) is 2.72. The molecule has 3 heteroatoms. The van der Waals surface area contributed by atoms with E-state index in [2.05, 4.69) is 70.1 Å². The smallest absolute Gasteiger partial charge is 0.0400 e. The van der Waals surface area contributed by atoms with Crippen LogP contribution in [0.15, 0.2) is 54.6 Å². The lowest BCUT2D eigenvalue weighted by atomic mass is 9.89. The van der Waals surface area contributed by atoms with Gasteiger partial charge in [-0.15, -0.1) is 0 Å². The third-order valence-corrected chi connectivity index (χ3v) is 5.98. The molecule has 2 fully saturated rings. The fourth-order valence-electron chi connectivity index (χ4n) is 4.61. The van der Waals surface area contributed by atoms with Crippen LogP contribution < -0.4 is 10.6 Å². The second-order valence-corrected chi connectivity index (χ2v) is 7.74. The number of nitrogens with one attached hydrogen (secondary N) is 2. The molecule has 4 rings (SSSR count). The minimum absolute atomic E-state index is 0.600. The van der Waals surface area contributed by atoms with Gasteiger partial charge in [-0.1, -0.05) is 55.3 Å². The summed E-state index contributed by atoms with van der Waals surface area (Å²) in [5.41, 5.74) is 4.04. The monoisotopic (exact) mass is 349 g/mol. The van der Waals surface area contributed by atoms with Crippen molar-refractivity contribution in [2.75, 3.05) is 31.5 Å². The van der Waals surface area contributed by atoms with Crippen LogP contribution in [0.3, 0.4) is 0 Å². The molecular formula is C23H31N3. The number of benzene rings is 2. The van der Waals surface area contributed by atoms with Crippen LogP contribution in [0.1, 0.15) is 42.9 Å². The van der Waals surface area contributed by atoms with E-state index in [9.17, 15) is 0 Å². The zero-order valence-electron chi connectivity index (χ0n) is 15.7. The Bertz CT molecular complexity index is 656. The second kappa shape index (κ2) is 8.70. The molecule has 2 aromatic carbocycles. The highest BCUT2D eigenvalue weighted by Gasteiger charge is 2.31. The van der Waals surface area contributed by atoms with Gasteiger partial charge in [0, 0.05) is 44.5 Å². The van der Waals surface area contributed by atoms with Crippen LogP contribution in [0, 0.1) is 5.92 Å². The zero-order chi connectivity index (χ0) is 17.6. The van der Waals surface area contributed by atoms with E-state index in [1.54, 1.807) is 0 Å². The molecular weight excluding hydrogens is 318 g/mol. The molecule has 0 aromatic heterocycles. The standard InChI is InChI=1S/C23H31N3/c1-2-6-19(7-3-1)18-25-22-12-10-21(11-13-22)23(20-8-4-5-9-20)26-16-14-24-15-17-26/h1-3,6-7,10-13,20,23-25H,4-5,8-9,14-18H2/t23-/m0/s1. The Labute approximate surface area is 157 Å². The van der Waals surface area contributed by atoms with E-state index in [1.807, 2.05) is 0 Å². The molecule has 0 radical (unpaired) electrons. The molecule has 2 aromatic rings. The van der Waals surface area contributed by atoms with Gasteiger partial charge in [-0.25, -0.2) is 0 Å². The first-order chi connectivity index (χ1) is 12.9. The van der Waals surface area contributed by atoms with Gasteiger partial charge in [0.1, 0.15) is 0 Å². The molecule has 1 saturated carbocycles. The summed E-state index contributed by atoms with van der Waals surface area (Å²) in [7, 11) is 0. The molecule has 1 aliphatic carbocycles. The number of anilines is 1. The van der Waals surface area contributed by atoms with Crippen molar-refractivity contribution in [2.45, 2.75) is 38.3 Å². The highest BCUT2D eigenvalue weighted by atomic mass is 15.2. The molecule has 138 valence electrons. The Hall–Kier alpha value is -1.84. The lowest BCUT2D eigenvalue weighted by Crippen LogP contribution is -2.46. The number of hydrogen-bond donors (Lipinski definition) is 2. The Morgan fingerprint density at radius 1 is 0.923 bits per heavy atom. The maximum absolute atomic E-state index is 3.55. The second-order valence-electron chi connectivity index (χ2n) is 7.74. The van der Waals surface area contributed by atoms with Crippen molar-refractivity contribution in [2.24, 2.45) is 5.92 Å². The van der Waals surface area contributed by atoms with E-state index in [-0.39, 0.29) is 0 Å². The Morgan fingerprint density at radius 3 is 2.31 bits per heavy atom. The first-order valence-corrected chi connectivity index (χ1v) is 10.2. The fraction of sp³-hybridized carbons (Fsp3) is 0.478. The SMILES string of the molecule is c1ccc(CNc2ccc([C@H](C3CCCC3)N3CCNCC3)cc2)cc1. The maximum atomic E-state index is 3.55. The van der Waals surface area contributed by atoms with Crippen LogP contribution in [0.4, 0.5) is 5.69 Å². The average molecular weight is 350 g/mol. The van der Waals surface area contributed by atoms with Gasteiger partial charge in [0.2, 0.25) is 0 Å². The van der Waals surface area contributed by atoms with E-state index in [0.717, 1.165) is 25.6 Å². The maximum Gasteiger partial charge on any atom is 0.0400 e. The fourth-order valence-corrected chi connectivity index (χ4v) is 4.61. The molecule has 1 atom stereocenters. The van der Waals surface area contributed by atoms with E-state index < -0.39 is 0 Å². The minimum atomic E-state index is 0.600. The Morgan fingerprint density at radius 2 is 1.62 bits per heavy atom. The van der Waals surface area contributed by atoms with Gasteiger partial charge in [0.05, 0.1) is 0 Å². The number of rotatable bonds is 6.